The van der Waals surface area contributed by atoms with Crippen LogP contribution in [0.25, 0.3) is 0 Å². The Labute approximate surface area is 121 Å². The van der Waals surface area contributed by atoms with E-state index in [0.29, 0.717) is 17.1 Å². The summed E-state index contributed by atoms with van der Waals surface area (Å²) in [5.74, 6) is -0.508. The molecule has 0 radical (unpaired) electrons. The summed E-state index contributed by atoms with van der Waals surface area (Å²) in [6.07, 6.45) is -2.80. The molecule has 0 aliphatic heterocycles. The summed E-state index contributed by atoms with van der Waals surface area (Å²) in [5.41, 5.74) is 5.44. The van der Waals surface area contributed by atoms with Gasteiger partial charge in [0, 0.05) is 12.5 Å². The van der Waals surface area contributed by atoms with E-state index in [2.05, 4.69) is 9.97 Å². The second-order valence-corrected chi connectivity index (χ2v) is 5.03. The summed E-state index contributed by atoms with van der Waals surface area (Å²) in [7, 11) is 0. The van der Waals surface area contributed by atoms with E-state index in [4.69, 9.17) is 5.73 Å². The van der Waals surface area contributed by atoms with Gasteiger partial charge in [0.1, 0.15) is 12.4 Å². The molecule has 0 saturated heterocycles. The molecule has 1 aromatic heterocycles. The predicted octanol–water partition coefficient (Wildman–Crippen LogP) is 2.60. The Kier molecular flexibility index (Phi) is 5.51. The number of alkyl halides is 3. The molecular weight excluding hydrogens is 285 g/mol. The maximum Gasteiger partial charge on any atom is 0.406 e. The van der Waals surface area contributed by atoms with Crippen LogP contribution in [-0.4, -0.2) is 40.0 Å². The summed E-state index contributed by atoms with van der Waals surface area (Å²) in [6, 6.07) is 0. The van der Waals surface area contributed by atoms with Crippen LogP contribution in [0.4, 0.5) is 18.9 Å². The average molecular weight is 304 g/mol. The van der Waals surface area contributed by atoms with Crippen molar-refractivity contribution in [2.24, 2.45) is 0 Å². The van der Waals surface area contributed by atoms with Crippen molar-refractivity contribution >= 4 is 11.6 Å². The highest BCUT2D eigenvalue weighted by atomic mass is 19.4. The molecule has 0 unspecified atom stereocenters. The Morgan fingerprint density at radius 2 is 2.05 bits per heavy atom. The lowest BCUT2D eigenvalue weighted by atomic mass is 10.2. The number of anilines is 1. The molecule has 2 N–H and O–H groups in total. The smallest absolute Gasteiger partial charge is 0.396 e. The third-order valence-corrected chi connectivity index (χ3v) is 2.71. The number of nitrogens with two attached hydrogens (primary N) is 1. The second kappa shape index (κ2) is 6.73. The third-order valence-electron chi connectivity index (χ3n) is 2.71. The van der Waals surface area contributed by atoms with Gasteiger partial charge < -0.3 is 10.6 Å². The van der Waals surface area contributed by atoms with Crippen LogP contribution in [0.3, 0.4) is 0 Å². The Morgan fingerprint density at radius 3 is 2.52 bits per heavy atom. The van der Waals surface area contributed by atoms with Crippen LogP contribution in [-0.2, 0) is 0 Å². The van der Waals surface area contributed by atoms with Gasteiger partial charge in [0.15, 0.2) is 5.69 Å². The fraction of sp³-hybridized carbons (Fsp3) is 0.615. The van der Waals surface area contributed by atoms with Crippen molar-refractivity contribution in [3.05, 3.63) is 17.7 Å². The number of carbonyl (C=O) groups is 1. The molecule has 0 aliphatic rings. The Bertz CT molecular complexity index is 503. The van der Waals surface area contributed by atoms with E-state index in [9.17, 15) is 18.0 Å². The summed E-state index contributed by atoms with van der Waals surface area (Å²) in [5, 5.41) is 0. The molecule has 1 rings (SSSR count). The van der Waals surface area contributed by atoms with E-state index in [1.807, 2.05) is 13.8 Å². The number of rotatable bonds is 5. The van der Waals surface area contributed by atoms with Crippen LogP contribution < -0.4 is 5.73 Å². The fourth-order valence-corrected chi connectivity index (χ4v) is 1.74. The van der Waals surface area contributed by atoms with E-state index < -0.39 is 18.6 Å². The van der Waals surface area contributed by atoms with Crippen LogP contribution in [0.2, 0.25) is 0 Å². The summed E-state index contributed by atoms with van der Waals surface area (Å²) in [4.78, 5) is 21.0. The molecule has 8 heteroatoms. The van der Waals surface area contributed by atoms with Gasteiger partial charge in [0.05, 0.1) is 11.9 Å². The molecule has 0 aromatic carbocycles. The molecule has 0 fully saturated rings. The lowest BCUT2D eigenvalue weighted by Crippen LogP contribution is -2.40. The van der Waals surface area contributed by atoms with E-state index in [1.165, 1.54) is 6.20 Å². The average Bonchev–Trinajstić information content (AvgIpc) is 2.36. The van der Waals surface area contributed by atoms with Crippen LogP contribution in [0.15, 0.2) is 6.20 Å². The molecule has 0 spiro atoms. The third kappa shape index (κ3) is 4.87. The summed E-state index contributed by atoms with van der Waals surface area (Å²) < 4.78 is 37.7. The van der Waals surface area contributed by atoms with E-state index in [1.54, 1.807) is 6.92 Å². The van der Waals surface area contributed by atoms with Gasteiger partial charge in [-0.05, 0) is 6.42 Å². The number of amides is 1. The number of hydrogen-bond acceptors (Lipinski definition) is 4. The van der Waals surface area contributed by atoms with E-state index >= 15 is 0 Å². The molecule has 0 atom stereocenters. The van der Waals surface area contributed by atoms with Crippen molar-refractivity contribution in [1.82, 2.24) is 14.9 Å². The molecule has 1 aromatic rings. The number of carbonyl (C=O) groups excluding carboxylic acids is 1. The van der Waals surface area contributed by atoms with Crippen LogP contribution in [0, 0.1) is 0 Å². The monoisotopic (exact) mass is 304 g/mol. The quantitative estimate of drug-likeness (QED) is 0.907. The highest BCUT2D eigenvalue weighted by Gasteiger charge is 2.34. The predicted molar refractivity (Wildman–Crippen MR) is 72.8 cm³/mol. The van der Waals surface area contributed by atoms with Crippen molar-refractivity contribution < 1.29 is 18.0 Å². The molecule has 0 aliphatic carbocycles. The topological polar surface area (TPSA) is 72.1 Å². The Morgan fingerprint density at radius 1 is 1.43 bits per heavy atom. The maximum atomic E-state index is 12.6. The van der Waals surface area contributed by atoms with Gasteiger partial charge in [-0.2, -0.15) is 13.2 Å². The minimum atomic E-state index is -4.46. The van der Waals surface area contributed by atoms with Crippen molar-refractivity contribution in [3.63, 3.8) is 0 Å². The van der Waals surface area contributed by atoms with Gasteiger partial charge in [0.2, 0.25) is 0 Å². The van der Waals surface area contributed by atoms with E-state index in [0.717, 1.165) is 0 Å². The first-order chi connectivity index (χ1) is 9.65. The zero-order valence-corrected chi connectivity index (χ0v) is 12.2. The number of halogens is 3. The number of aromatic nitrogens is 2. The summed E-state index contributed by atoms with van der Waals surface area (Å²) in [6.45, 7) is 4.00. The van der Waals surface area contributed by atoms with Gasteiger partial charge in [-0.1, -0.05) is 20.8 Å². The van der Waals surface area contributed by atoms with Gasteiger partial charge in [-0.15, -0.1) is 0 Å². The SMILES string of the molecule is CCCN(CC(F)(F)F)C(=O)c1nc(C(C)C)ncc1N. The van der Waals surface area contributed by atoms with Crippen molar-refractivity contribution in [3.8, 4) is 0 Å². The standard InChI is InChI=1S/C13H19F3N4O/c1-4-5-20(7-13(14,15)16)12(21)10-9(17)6-18-11(19-10)8(2)3/h6,8H,4-5,7,17H2,1-3H3. The lowest BCUT2D eigenvalue weighted by Gasteiger charge is -2.23. The second-order valence-electron chi connectivity index (χ2n) is 5.03. The van der Waals surface area contributed by atoms with Crippen LogP contribution >= 0.6 is 0 Å². The van der Waals surface area contributed by atoms with Gasteiger partial charge >= 0.3 is 6.18 Å². The molecular formula is C13H19F3N4O. The first-order valence-corrected chi connectivity index (χ1v) is 6.64. The van der Waals surface area contributed by atoms with E-state index in [-0.39, 0.29) is 23.8 Å². The Hall–Kier alpha value is -1.86. The minimum Gasteiger partial charge on any atom is -0.396 e. The zero-order chi connectivity index (χ0) is 16.2. The van der Waals surface area contributed by atoms with Crippen LogP contribution in [0.1, 0.15) is 49.4 Å². The van der Waals surface area contributed by atoms with Crippen molar-refractivity contribution in [1.29, 1.82) is 0 Å². The first kappa shape index (κ1) is 17.2. The molecule has 1 heterocycles. The minimum absolute atomic E-state index is 0.0151. The Balaban J connectivity index is 3.11. The number of nitrogen functional groups attached to an aromatic ring is 1. The normalized spacial score (nSPS) is 11.8. The molecule has 21 heavy (non-hydrogen) atoms. The molecule has 118 valence electrons. The number of hydrogen-bond donors (Lipinski definition) is 1. The molecule has 0 saturated carbocycles. The first-order valence-electron chi connectivity index (χ1n) is 6.64. The molecule has 1 amide bonds. The van der Waals surface area contributed by atoms with Crippen molar-refractivity contribution in [2.75, 3.05) is 18.8 Å². The molecule has 5 nitrogen and oxygen atoms in total. The highest BCUT2D eigenvalue weighted by Crippen LogP contribution is 2.20. The fourth-order valence-electron chi connectivity index (χ4n) is 1.74. The highest BCUT2D eigenvalue weighted by molar-refractivity contribution is 5.97. The number of nitrogens with zero attached hydrogens (tertiary/aromatic N) is 3. The van der Waals surface area contributed by atoms with Crippen LogP contribution in [0.5, 0.6) is 0 Å². The largest absolute Gasteiger partial charge is 0.406 e. The summed E-state index contributed by atoms with van der Waals surface area (Å²) >= 11 is 0. The zero-order valence-electron chi connectivity index (χ0n) is 12.2. The molecule has 0 bridgehead atoms. The van der Waals surface area contributed by atoms with Crippen molar-refractivity contribution in [2.45, 2.75) is 39.3 Å². The van der Waals surface area contributed by atoms with Gasteiger partial charge in [-0.25, -0.2) is 9.97 Å². The lowest BCUT2D eigenvalue weighted by molar-refractivity contribution is -0.140. The van der Waals surface area contributed by atoms with Gasteiger partial charge in [0.25, 0.3) is 5.91 Å². The maximum absolute atomic E-state index is 12.6. The van der Waals surface area contributed by atoms with Gasteiger partial charge in [-0.3, -0.25) is 4.79 Å².